The molecule has 0 saturated carbocycles. The van der Waals surface area contributed by atoms with Gasteiger partial charge in [0.2, 0.25) is 0 Å². The van der Waals surface area contributed by atoms with Gasteiger partial charge >= 0.3 is 0 Å². The fourth-order valence-corrected chi connectivity index (χ4v) is 1.78. The zero-order valence-electron chi connectivity index (χ0n) is 8.83. The van der Waals surface area contributed by atoms with E-state index in [0.29, 0.717) is 12.3 Å². The minimum atomic E-state index is -0.888. The van der Waals surface area contributed by atoms with Gasteiger partial charge in [0.25, 0.3) is 0 Å². The average Bonchev–Trinajstić information content (AvgIpc) is 2.72. The molecule has 2 aliphatic rings. The van der Waals surface area contributed by atoms with Gasteiger partial charge in [0.15, 0.2) is 12.4 Å². The lowest BCUT2D eigenvalue weighted by atomic mass is 10.0. The first-order chi connectivity index (χ1) is 7.77. The number of nitrogens with zero attached hydrogens (tertiary/aromatic N) is 1. The molecule has 0 aromatic carbocycles. The van der Waals surface area contributed by atoms with E-state index in [-0.39, 0.29) is 6.61 Å². The van der Waals surface area contributed by atoms with E-state index in [1.165, 1.54) is 7.11 Å². The highest BCUT2D eigenvalue weighted by Gasteiger charge is 2.49. The van der Waals surface area contributed by atoms with Crippen molar-refractivity contribution in [2.45, 2.75) is 24.6 Å². The van der Waals surface area contributed by atoms with Crippen molar-refractivity contribution < 1.29 is 24.2 Å². The molecule has 2 heterocycles. The van der Waals surface area contributed by atoms with Crippen LogP contribution in [0, 0.1) is 12.3 Å². The largest absolute Gasteiger partial charge is 0.399 e. The number of aliphatic hydroxyl groups excluding tert-OH is 1. The molecule has 0 amide bonds. The summed E-state index contributed by atoms with van der Waals surface area (Å²) in [6.45, 7) is 0.401. The maximum atomic E-state index is 9.91. The topological polar surface area (TPSA) is 69.5 Å². The standard InChI is InChI=1S/C10H13NO5/c1-3-4-14-9-7(11-13-2)8(12)6-5-15-10(9)16-6/h1,6,8-10,12H,4-5H2,2H3/b11-7+/t6-,8-,9+,10-/m1/s1. The molecule has 0 aliphatic carbocycles. The second-order valence-electron chi connectivity index (χ2n) is 3.46. The lowest BCUT2D eigenvalue weighted by Gasteiger charge is -2.31. The monoisotopic (exact) mass is 227 g/mol. The molecular formula is C10H13NO5. The molecule has 6 nitrogen and oxygen atoms in total. The number of terminal acetylenes is 1. The average molecular weight is 227 g/mol. The first-order valence-corrected chi connectivity index (χ1v) is 4.89. The van der Waals surface area contributed by atoms with Crippen LogP contribution in [0.25, 0.3) is 0 Å². The van der Waals surface area contributed by atoms with Gasteiger partial charge in [-0.25, -0.2) is 0 Å². The molecule has 2 fully saturated rings. The van der Waals surface area contributed by atoms with Gasteiger partial charge in [-0.1, -0.05) is 11.1 Å². The highest BCUT2D eigenvalue weighted by Crippen LogP contribution is 2.28. The number of hydrogen-bond acceptors (Lipinski definition) is 6. The molecule has 0 aromatic rings. The van der Waals surface area contributed by atoms with Gasteiger partial charge < -0.3 is 24.2 Å². The lowest BCUT2D eigenvalue weighted by Crippen LogP contribution is -2.52. The summed E-state index contributed by atoms with van der Waals surface area (Å²) >= 11 is 0. The van der Waals surface area contributed by atoms with E-state index in [4.69, 9.17) is 20.6 Å². The molecule has 1 N–H and O–H groups in total. The molecule has 0 spiro atoms. The van der Waals surface area contributed by atoms with Crippen LogP contribution in [-0.2, 0) is 19.0 Å². The number of fused-ring (bicyclic) bond motifs is 2. The number of rotatable bonds is 3. The van der Waals surface area contributed by atoms with Crippen LogP contribution >= 0.6 is 0 Å². The molecule has 2 rings (SSSR count). The smallest absolute Gasteiger partial charge is 0.190 e. The van der Waals surface area contributed by atoms with E-state index < -0.39 is 24.6 Å². The summed E-state index contributed by atoms with van der Waals surface area (Å²) in [6.07, 6.45) is 2.61. The van der Waals surface area contributed by atoms with Crippen molar-refractivity contribution in [1.29, 1.82) is 0 Å². The third-order valence-corrected chi connectivity index (χ3v) is 2.47. The lowest BCUT2D eigenvalue weighted by molar-refractivity contribution is -0.147. The Balaban J connectivity index is 2.17. The van der Waals surface area contributed by atoms with Gasteiger partial charge in [-0.05, 0) is 0 Å². The van der Waals surface area contributed by atoms with Crippen LogP contribution in [0.15, 0.2) is 5.16 Å². The van der Waals surface area contributed by atoms with E-state index in [0.717, 1.165) is 0 Å². The fourth-order valence-electron chi connectivity index (χ4n) is 1.78. The molecule has 2 bridgehead atoms. The first-order valence-electron chi connectivity index (χ1n) is 4.89. The SMILES string of the molecule is C#CCO[C@H]1/C(=N/OC)[C@H](O)[C@H]2CO[C@@H]1O2. The normalized spacial score (nSPS) is 39.7. The third kappa shape index (κ3) is 1.90. The van der Waals surface area contributed by atoms with Gasteiger partial charge in [0.05, 0.1) is 6.61 Å². The van der Waals surface area contributed by atoms with Crippen LogP contribution in [0.1, 0.15) is 0 Å². The van der Waals surface area contributed by atoms with Crippen molar-refractivity contribution in [2.75, 3.05) is 20.3 Å². The molecule has 2 saturated heterocycles. The summed E-state index contributed by atoms with van der Waals surface area (Å²) in [5.74, 6) is 2.34. The molecule has 4 atom stereocenters. The van der Waals surface area contributed by atoms with Gasteiger partial charge in [0, 0.05) is 0 Å². The van der Waals surface area contributed by atoms with Crippen molar-refractivity contribution in [3.05, 3.63) is 0 Å². The van der Waals surface area contributed by atoms with Crippen LogP contribution in [0.4, 0.5) is 0 Å². The molecular weight excluding hydrogens is 214 g/mol. The predicted molar refractivity (Wildman–Crippen MR) is 53.6 cm³/mol. The van der Waals surface area contributed by atoms with Crippen LogP contribution in [0.3, 0.4) is 0 Å². The van der Waals surface area contributed by atoms with Gasteiger partial charge in [0.1, 0.15) is 31.6 Å². The maximum absolute atomic E-state index is 9.91. The van der Waals surface area contributed by atoms with E-state index in [1.54, 1.807) is 0 Å². The molecule has 0 radical (unpaired) electrons. The summed E-state index contributed by atoms with van der Waals surface area (Å²) in [5, 5.41) is 13.7. The fraction of sp³-hybridized carbons (Fsp3) is 0.700. The third-order valence-electron chi connectivity index (χ3n) is 2.47. The molecule has 0 unspecified atom stereocenters. The van der Waals surface area contributed by atoms with E-state index >= 15 is 0 Å². The number of hydrogen-bond donors (Lipinski definition) is 1. The van der Waals surface area contributed by atoms with Gasteiger partial charge in [-0.2, -0.15) is 0 Å². The summed E-state index contributed by atoms with van der Waals surface area (Å²) < 4.78 is 16.1. The Morgan fingerprint density at radius 2 is 2.50 bits per heavy atom. The van der Waals surface area contributed by atoms with E-state index in [2.05, 4.69) is 15.9 Å². The van der Waals surface area contributed by atoms with Crippen LogP contribution in [0.5, 0.6) is 0 Å². The highest BCUT2D eigenvalue weighted by molar-refractivity contribution is 5.94. The molecule has 2 aliphatic heterocycles. The number of ether oxygens (including phenoxy) is 3. The van der Waals surface area contributed by atoms with Crippen LogP contribution in [0.2, 0.25) is 0 Å². The van der Waals surface area contributed by atoms with Crippen molar-refractivity contribution in [1.82, 2.24) is 0 Å². The zero-order chi connectivity index (χ0) is 11.5. The molecule has 6 heteroatoms. The second kappa shape index (κ2) is 4.80. The minimum absolute atomic E-state index is 0.0913. The molecule has 88 valence electrons. The van der Waals surface area contributed by atoms with Crippen molar-refractivity contribution in [3.63, 3.8) is 0 Å². The van der Waals surface area contributed by atoms with Crippen molar-refractivity contribution in [2.24, 2.45) is 5.16 Å². The summed E-state index contributed by atoms with van der Waals surface area (Å²) in [7, 11) is 1.40. The van der Waals surface area contributed by atoms with Crippen molar-refractivity contribution in [3.8, 4) is 12.3 Å². The maximum Gasteiger partial charge on any atom is 0.190 e. The van der Waals surface area contributed by atoms with Gasteiger partial charge in [-0.3, -0.25) is 0 Å². The number of aliphatic hydroxyl groups is 1. The summed E-state index contributed by atoms with van der Waals surface area (Å²) in [5.41, 5.74) is 0.358. The molecule has 16 heavy (non-hydrogen) atoms. The summed E-state index contributed by atoms with van der Waals surface area (Å²) in [6, 6.07) is 0. The Kier molecular flexibility index (Phi) is 3.41. The quantitative estimate of drug-likeness (QED) is 0.501. The Bertz CT molecular complexity index is 324. The Labute approximate surface area is 93.1 Å². The van der Waals surface area contributed by atoms with Crippen LogP contribution in [-0.4, -0.2) is 55.7 Å². The zero-order valence-corrected chi connectivity index (χ0v) is 8.83. The highest BCUT2D eigenvalue weighted by atomic mass is 16.7. The molecule has 0 aromatic heterocycles. The number of oxime groups is 1. The second-order valence-corrected chi connectivity index (χ2v) is 3.46. The minimum Gasteiger partial charge on any atom is -0.399 e. The van der Waals surface area contributed by atoms with Gasteiger partial charge in [-0.15, -0.1) is 6.42 Å². The predicted octanol–water partition coefficient (Wildman–Crippen LogP) is -0.877. The Hall–Kier alpha value is -1.13. The Morgan fingerprint density at radius 1 is 1.69 bits per heavy atom. The van der Waals surface area contributed by atoms with E-state index in [9.17, 15) is 5.11 Å². The summed E-state index contributed by atoms with van der Waals surface area (Å²) in [4.78, 5) is 4.67. The van der Waals surface area contributed by atoms with E-state index in [1.807, 2.05) is 0 Å². The van der Waals surface area contributed by atoms with Crippen LogP contribution < -0.4 is 0 Å². The first kappa shape index (κ1) is 11.4. The Morgan fingerprint density at radius 3 is 3.19 bits per heavy atom. The van der Waals surface area contributed by atoms with Crippen molar-refractivity contribution >= 4 is 5.71 Å².